The highest BCUT2D eigenvalue weighted by Crippen LogP contribution is 2.61. The van der Waals surface area contributed by atoms with Crippen molar-refractivity contribution in [1.29, 1.82) is 0 Å². The van der Waals surface area contributed by atoms with Gasteiger partial charge in [-0.25, -0.2) is 17.6 Å². The first kappa shape index (κ1) is 74.9. The van der Waals surface area contributed by atoms with E-state index >= 15 is 17.6 Å². The second-order valence-corrected chi connectivity index (χ2v) is 33.9. The van der Waals surface area contributed by atoms with Gasteiger partial charge in [0.2, 0.25) is 0 Å². The standard InChI is InChI=1S/C80H110F4N4O2S6/c1-7-11-15-19-23-27-31-35-39-43-47-79(48-44-40-36-32-28-24-20-16-12-8-2)57-52-61(92-75(57)77-59(89-79)51-55(5)91-77)64-69(83)70(84)65(74-73(64)87-96-88-74)62-53-58-76(93-62)78-60(54-63(94-78)66-68(82)67(81)56(6)71-72(66)86-95-85-71)90-80(58,49-45-41-37-33-29-25-21-17-13-9-3)50-46-42-38-34-30-26-22-18-14-10-4/h51-54H,7-50H2,1-6H3. The van der Waals surface area contributed by atoms with Gasteiger partial charge in [0, 0.05) is 36.2 Å². The lowest BCUT2D eigenvalue weighted by Gasteiger charge is -2.38. The second kappa shape index (κ2) is 37.7. The van der Waals surface area contributed by atoms with Gasteiger partial charge in [-0.15, -0.1) is 45.3 Å². The number of rotatable bonds is 47. The molecule has 10 rings (SSSR count). The van der Waals surface area contributed by atoms with E-state index in [1.165, 1.54) is 220 Å². The van der Waals surface area contributed by atoms with Crippen LogP contribution in [0.15, 0.2) is 24.3 Å². The van der Waals surface area contributed by atoms with Crippen LogP contribution < -0.4 is 9.47 Å². The van der Waals surface area contributed by atoms with Crippen molar-refractivity contribution in [3.05, 3.63) is 69.1 Å². The maximum atomic E-state index is 18.3. The van der Waals surface area contributed by atoms with Crippen LogP contribution in [-0.2, 0) is 11.2 Å². The van der Waals surface area contributed by atoms with E-state index in [0.717, 1.165) is 150 Å². The summed E-state index contributed by atoms with van der Waals surface area (Å²) in [5.74, 6) is -2.26. The molecule has 6 aromatic heterocycles. The maximum Gasteiger partial charge on any atom is 0.170 e. The molecule has 8 aromatic rings. The van der Waals surface area contributed by atoms with Crippen molar-refractivity contribution >= 4 is 90.9 Å². The van der Waals surface area contributed by atoms with Crippen molar-refractivity contribution in [3.63, 3.8) is 0 Å². The summed E-state index contributed by atoms with van der Waals surface area (Å²) in [6, 6.07) is 8.27. The van der Waals surface area contributed by atoms with Gasteiger partial charge in [-0.2, -0.15) is 17.5 Å². The summed E-state index contributed by atoms with van der Waals surface area (Å²) in [5, 5.41) is 0. The Hall–Kier alpha value is -3.80. The third-order valence-corrected chi connectivity index (χ3v) is 26.7. The van der Waals surface area contributed by atoms with E-state index < -0.39 is 34.5 Å². The van der Waals surface area contributed by atoms with E-state index in [2.05, 4.69) is 61.6 Å². The summed E-state index contributed by atoms with van der Waals surface area (Å²) < 4.78 is 103. The van der Waals surface area contributed by atoms with E-state index in [0.29, 0.717) is 42.4 Å². The molecule has 0 saturated heterocycles. The molecule has 0 bridgehead atoms. The molecule has 6 nitrogen and oxygen atoms in total. The number of ether oxygens (including phenoxy) is 2. The smallest absolute Gasteiger partial charge is 0.170 e. The fourth-order valence-electron chi connectivity index (χ4n) is 15.3. The molecule has 0 saturated carbocycles. The molecule has 526 valence electrons. The van der Waals surface area contributed by atoms with Crippen LogP contribution >= 0.6 is 68.8 Å². The lowest BCUT2D eigenvalue weighted by molar-refractivity contribution is 0.0395. The fourth-order valence-corrected chi connectivity index (χ4v) is 21.4. The van der Waals surface area contributed by atoms with Gasteiger partial charge in [-0.3, -0.25) is 0 Å². The van der Waals surface area contributed by atoms with Crippen molar-refractivity contribution < 1.29 is 27.0 Å². The molecular weight excluding hydrogens is 1320 g/mol. The second-order valence-electron chi connectivity index (χ2n) is 28.4. The molecule has 0 aliphatic carbocycles. The molecular formula is C80H110F4N4O2S6. The zero-order valence-corrected chi connectivity index (χ0v) is 63.9. The highest BCUT2D eigenvalue weighted by molar-refractivity contribution is 7.26. The van der Waals surface area contributed by atoms with Crippen molar-refractivity contribution in [3.8, 4) is 62.3 Å². The predicted molar refractivity (Wildman–Crippen MR) is 407 cm³/mol. The van der Waals surface area contributed by atoms with Crippen molar-refractivity contribution in [2.45, 2.75) is 335 Å². The van der Waals surface area contributed by atoms with Crippen LogP contribution in [0.4, 0.5) is 17.6 Å². The maximum absolute atomic E-state index is 18.3. The topological polar surface area (TPSA) is 70.0 Å². The molecule has 2 aromatic carbocycles. The van der Waals surface area contributed by atoms with Gasteiger partial charge in [0.1, 0.15) is 44.8 Å². The van der Waals surface area contributed by atoms with Crippen LogP contribution in [-0.4, -0.2) is 17.5 Å². The Kier molecular flexibility index (Phi) is 29.4. The molecule has 0 spiro atoms. The van der Waals surface area contributed by atoms with Crippen LogP contribution in [0.5, 0.6) is 11.5 Å². The van der Waals surface area contributed by atoms with Crippen LogP contribution in [0.1, 0.15) is 332 Å². The number of hydrogen-bond acceptors (Lipinski definition) is 12. The summed E-state index contributed by atoms with van der Waals surface area (Å²) in [4.78, 5) is 6.65. The first-order valence-electron chi connectivity index (χ1n) is 38.1. The minimum atomic E-state index is -0.963. The van der Waals surface area contributed by atoms with Crippen molar-refractivity contribution in [2.24, 2.45) is 0 Å². The Balaban J connectivity index is 1.01. The Labute approximate surface area is 597 Å². The van der Waals surface area contributed by atoms with Gasteiger partial charge in [-0.05, 0) is 89.5 Å². The molecule has 0 atom stereocenters. The number of thiophene rings is 4. The zero-order chi connectivity index (χ0) is 67.3. The van der Waals surface area contributed by atoms with E-state index in [9.17, 15) is 0 Å². The number of aryl methyl sites for hydroxylation is 2. The Morgan fingerprint density at radius 1 is 0.312 bits per heavy atom. The number of fused-ring (bicyclic) bond motifs is 8. The van der Waals surface area contributed by atoms with Gasteiger partial charge < -0.3 is 9.47 Å². The number of hydrogen-bond donors (Lipinski definition) is 0. The number of benzene rings is 2. The number of halogens is 4. The van der Waals surface area contributed by atoms with Gasteiger partial charge in [0.25, 0.3) is 0 Å². The van der Waals surface area contributed by atoms with E-state index in [1.54, 1.807) is 29.6 Å². The molecule has 96 heavy (non-hydrogen) atoms. The number of unbranched alkanes of at least 4 members (excludes halogenated alkanes) is 36. The predicted octanol–water partition coefficient (Wildman–Crippen LogP) is 29.9. The van der Waals surface area contributed by atoms with Crippen LogP contribution in [0.3, 0.4) is 0 Å². The molecule has 0 fully saturated rings. The van der Waals surface area contributed by atoms with E-state index in [1.807, 2.05) is 6.07 Å². The Bertz CT molecular complexity index is 3640. The average molecular weight is 1430 g/mol. The van der Waals surface area contributed by atoms with Gasteiger partial charge in [0.15, 0.2) is 23.3 Å². The van der Waals surface area contributed by atoms with E-state index in [-0.39, 0.29) is 22.3 Å². The van der Waals surface area contributed by atoms with Crippen molar-refractivity contribution in [1.82, 2.24) is 17.5 Å². The van der Waals surface area contributed by atoms with Gasteiger partial charge >= 0.3 is 0 Å². The first-order valence-corrected chi connectivity index (χ1v) is 42.9. The average Bonchev–Trinajstić information content (AvgIpc) is 1.57. The highest BCUT2D eigenvalue weighted by Gasteiger charge is 2.46. The molecule has 8 heterocycles. The lowest BCUT2D eigenvalue weighted by atomic mass is 9.81. The summed E-state index contributed by atoms with van der Waals surface area (Å²) in [5.41, 5.74) is 2.43. The number of aromatic nitrogens is 4. The first-order chi connectivity index (χ1) is 47.0. The summed E-state index contributed by atoms with van der Waals surface area (Å²) in [7, 11) is 0. The Morgan fingerprint density at radius 3 is 0.938 bits per heavy atom. The summed E-state index contributed by atoms with van der Waals surface area (Å²) in [6.45, 7) is 12.8. The highest BCUT2D eigenvalue weighted by atomic mass is 32.1. The van der Waals surface area contributed by atoms with E-state index in [4.69, 9.17) is 18.2 Å². The fraction of sp³-hybridized carbons (Fsp3) is 0.650. The minimum Gasteiger partial charge on any atom is -0.481 e. The third-order valence-electron chi connectivity index (χ3n) is 20.9. The monoisotopic (exact) mass is 1430 g/mol. The molecule has 0 unspecified atom stereocenters. The van der Waals surface area contributed by atoms with Crippen LogP contribution in [0, 0.1) is 37.1 Å². The van der Waals surface area contributed by atoms with Crippen LogP contribution in [0.2, 0.25) is 0 Å². The minimum absolute atomic E-state index is 0.0687. The molecule has 2 aliphatic rings. The normalized spacial score (nSPS) is 13.8. The molecule has 0 radical (unpaired) electrons. The summed E-state index contributed by atoms with van der Waals surface area (Å²) >= 11 is 7.96. The van der Waals surface area contributed by atoms with Gasteiger partial charge in [-0.1, -0.05) is 259 Å². The quantitative estimate of drug-likeness (QED) is 0.0280. The molecule has 2 aliphatic heterocycles. The molecule has 0 amide bonds. The molecule has 16 heteroatoms. The number of nitrogens with zero attached hydrogens (tertiary/aromatic N) is 4. The third kappa shape index (κ3) is 18.3. The summed E-state index contributed by atoms with van der Waals surface area (Å²) in [6.07, 6.45) is 52.0. The van der Waals surface area contributed by atoms with Gasteiger partial charge in [0.05, 0.1) is 59.7 Å². The SMILES string of the molecule is CCCCCCCCCCCCC1(CCCCCCCCCCCC)Oc2cc(C)sc2-c2sc(-c3c(F)c(F)c(-c4cc5c(s4)-c4sc(-c6c(F)c(F)c(C)c7nsnc67)cc4OC5(CCCCCCCCCCCC)CCCCCCCCCCCC)c4nsnc34)cc21. The van der Waals surface area contributed by atoms with Crippen molar-refractivity contribution in [2.75, 3.05) is 0 Å². The largest absolute Gasteiger partial charge is 0.481 e. The Morgan fingerprint density at radius 2 is 0.583 bits per heavy atom. The van der Waals surface area contributed by atoms with Crippen LogP contribution in [0.25, 0.3) is 72.9 Å². The zero-order valence-electron chi connectivity index (χ0n) is 59.0. The lowest BCUT2D eigenvalue weighted by Crippen LogP contribution is -2.35. The molecule has 0 N–H and O–H groups in total.